The van der Waals surface area contributed by atoms with Crippen LogP contribution < -0.4 is 5.73 Å². The van der Waals surface area contributed by atoms with Crippen molar-refractivity contribution in [3.05, 3.63) is 22.5 Å². The summed E-state index contributed by atoms with van der Waals surface area (Å²) in [5.74, 6) is -0.287. The van der Waals surface area contributed by atoms with Crippen molar-refractivity contribution in [3.63, 3.8) is 0 Å². The molecule has 0 aromatic carbocycles. The molecule has 0 fully saturated rings. The first-order valence-corrected chi connectivity index (χ1v) is 5.47. The molecule has 1 aliphatic rings. The molecule has 0 saturated heterocycles. The Morgan fingerprint density at radius 3 is 2.40 bits per heavy atom. The van der Waals surface area contributed by atoms with Gasteiger partial charge in [0, 0.05) is 0 Å². The number of hydrogen-bond donors (Lipinski definition) is 1. The molecule has 1 heterocycles. The van der Waals surface area contributed by atoms with Gasteiger partial charge in [0.05, 0.1) is 4.91 Å². The second-order valence-corrected chi connectivity index (χ2v) is 6.15. The quantitative estimate of drug-likeness (QED) is 0.605. The van der Waals surface area contributed by atoms with E-state index in [-0.39, 0.29) is 5.91 Å². The van der Waals surface area contributed by atoms with E-state index in [2.05, 4.69) is 0 Å². The van der Waals surface area contributed by atoms with Crippen LogP contribution in [0.1, 0.15) is 0 Å². The molecule has 0 aromatic heterocycles. The van der Waals surface area contributed by atoms with Crippen molar-refractivity contribution in [2.75, 3.05) is 12.5 Å². The van der Waals surface area contributed by atoms with E-state index >= 15 is 0 Å². The lowest BCUT2D eigenvalue weighted by Crippen LogP contribution is -2.15. The van der Waals surface area contributed by atoms with Crippen molar-refractivity contribution in [1.29, 1.82) is 0 Å². The van der Waals surface area contributed by atoms with Crippen molar-refractivity contribution in [2.24, 2.45) is 5.73 Å². The second kappa shape index (κ2) is 2.16. The van der Waals surface area contributed by atoms with Gasteiger partial charge in [0.15, 0.2) is 0 Å². The van der Waals surface area contributed by atoms with Gasteiger partial charge >= 0.3 is 0 Å². The van der Waals surface area contributed by atoms with E-state index < -0.39 is 10.0 Å². The highest BCUT2D eigenvalue weighted by molar-refractivity contribution is 8.38. The van der Waals surface area contributed by atoms with Gasteiger partial charge in [0.25, 0.3) is 5.91 Å². The fourth-order valence-corrected chi connectivity index (χ4v) is 2.48. The Morgan fingerprint density at radius 1 is 1.60 bits per heavy atom. The van der Waals surface area contributed by atoms with Gasteiger partial charge in [-0.05, 0) is 24.0 Å². The van der Waals surface area contributed by atoms with Gasteiger partial charge in [-0.15, -0.1) is 0 Å². The molecule has 0 atom stereocenters. The number of allylic oxidation sites excluding steroid dienone is 2. The largest absolute Gasteiger partial charge is 0.365 e. The van der Waals surface area contributed by atoms with E-state index in [4.69, 9.17) is 5.73 Å². The Kier molecular flexibility index (Phi) is 1.60. The van der Waals surface area contributed by atoms with E-state index in [1.807, 2.05) is 24.0 Å². The maximum Gasteiger partial charge on any atom is 0.253 e. The SMILES string of the molecule is CS1(C)C=CC=C1C(N)=O. The van der Waals surface area contributed by atoms with Crippen LogP contribution in [0.25, 0.3) is 0 Å². The van der Waals surface area contributed by atoms with Crippen LogP contribution in [-0.2, 0) is 4.79 Å². The lowest BCUT2D eigenvalue weighted by Gasteiger charge is -2.24. The third-order valence-corrected chi connectivity index (χ3v) is 3.78. The predicted molar refractivity (Wildman–Crippen MR) is 45.9 cm³/mol. The molecule has 0 unspecified atom stereocenters. The van der Waals surface area contributed by atoms with Crippen molar-refractivity contribution in [3.8, 4) is 0 Å². The maximum absolute atomic E-state index is 10.8. The van der Waals surface area contributed by atoms with Crippen LogP contribution in [0.3, 0.4) is 0 Å². The normalized spacial score (nSPS) is 24.0. The molecule has 0 radical (unpaired) electrons. The first kappa shape index (κ1) is 7.41. The molecule has 10 heavy (non-hydrogen) atoms. The number of carbonyl (C=O) groups is 1. The molecule has 0 aromatic rings. The van der Waals surface area contributed by atoms with Crippen LogP contribution in [0, 0.1) is 0 Å². The molecular weight excluding hydrogens is 146 g/mol. The highest BCUT2D eigenvalue weighted by Gasteiger charge is 2.21. The van der Waals surface area contributed by atoms with E-state index in [0.717, 1.165) is 4.91 Å². The average Bonchev–Trinajstić information content (AvgIpc) is 2.08. The van der Waals surface area contributed by atoms with Gasteiger partial charge in [0.2, 0.25) is 0 Å². The highest BCUT2D eigenvalue weighted by atomic mass is 32.3. The summed E-state index contributed by atoms with van der Waals surface area (Å²) in [6.07, 6.45) is 7.80. The average molecular weight is 157 g/mol. The van der Waals surface area contributed by atoms with E-state index in [0.29, 0.717) is 0 Å². The molecule has 1 amide bonds. The Balaban J connectivity index is 2.93. The zero-order valence-corrected chi connectivity index (χ0v) is 6.94. The summed E-state index contributed by atoms with van der Waals surface area (Å²) in [6.45, 7) is 0. The maximum atomic E-state index is 10.8. The zero-order valence-electron chi connectivity index (χ0n) is 6.13. The van der Waals surface area contributed by atoms with Crippen LogP contribution in [0.5, 0.6) is 0 Å². The summed E-state index contributed by atoms with van der Waals surface area (Å²) in [6, 6.07) is 0. The molecule has 2 N–H and O–H groups in total. The Labute approximate surface area is 62.1 Å². The van der Waals surface area contributed by atoms with Crippen LogP contribution in [0.2, 0.25) is 0 Å². The van der Waals surface area contributed by atoms with Gasteiger partial charge in [-0.25, -0.2) is 0 Å². The summed E-state index contributed by atoms with van der Waals surface area (Å²) in [7, 11) is -0.980. The first-order valence-electron chi connectivity index (χ1n) is 2.95. The summed E-state index contributed by atoms with van der Waals surface area (Å²) < 4.78 is 0. The fourth-order valence-electron chi connectivity index (χ4n) is 0.913. The minimum atomic E-state index is -0.980. The molecule has 0 aliphatic carbocycles. The Hall–Kier alpha value is -0.700. The van der Waals surface area contributed by atoms with E-state index in [9.17, 15) is 4.79 Å². The van der Waals surface area contributed by atoms with Gasteiger partial charge in [-0.1, -0.05) is 6.08 Å². The molecule has 2 nitrogen and oxygen atoms in total. The van der Waals surface area contributed by atoms with Crippen LogP contribution in [0.15, 0.2) is 22.5 Å². The lowest BCUT2D eigenvalue weighted by molar-refractivity contribution is -0.113. The number of primary amides is 1. The van der Waals surface area contributed by atoms with Crippen LogP contribution >= 0.6 is 10.0 Å². The lowest BCUT2D eigenvalue weighted by atomic mass is 10.5. The smallest absolute Gasteiger partial charge is 0.253 e. The number of carbonyl (C=O) groups excluding carboxylic acids is 1. The first-order chi connectivity index (χ1) is 4.54. The third kappa shape index (κ3) is 1.09. The molecule has 0 saturated carbocycles. The second-order valence-electron chi connectivity index (χ2n) is 2.63. The van der Waals surface area contributed by atoms with Crippen molar-refractivity contribution < 1.29 is 4.79 Å². The summed E-state index contributed by atoms with van der Waals surface area (Å²) in [4.78, 5) is 11.5. The van der Waals surface area contributed by atoms with Gasteiger partial charge < -0.3 is 5.73 Å². The molecule has 0 bridgehead atoms. The molecular formula is C7H11NOS. The summed E-state index contributed by atoms with van der Waals surface area (Å²) in [5.41, 5.74) is 5.15. The van der Waals surface area contributed by atoms with Gasteiger partial charge in [0.1, 0.15) is 0 Å². The Bertz CT molecular complexity index is 228. The standard InChI is InChI=1S/C7H11NOS/c1-10(2)5-3-4-6(10)7(8)9/h3-5H,1-2H3,(H2,8,9). The number of nitrogens with two attached hydrogens (primary N) is 1. The molecule has 0 spiro atoms. The molecule has 3 heteroatoms. The van der Waals surface area contributed by atoms with Crippen molar-refractivity contribution in [1.82, 2.24) is 0 Å². The highest BCUT2D eigenvalue weighted by Crippen LogP contribution is 2.52. The fraction of sp³-hybridized carbons (Fsp3) is 0.286. The minimum Gasteiger partial charge on any atom is -0.365 e. The summed E-state index contributed by atoms with van der Waals surface area (Å²) >= 11 is 0. The Morgan fingerprint density at radius 2 is 2.20 bits per heavy atom. The molecule has 1 rings (SSSR count). The van der Waals surface area contributed by atoms with Crippen molar-refractivity contribution >= 4 is 15.9 Å². The monoisotopic (exact) mass is 157 g/mol. The van der Waals surface area contributed by atoms with Crippen LogP contribution in [-0.4, -0.2) is 18.4 Å². The predicted octanol–water partition coefficient (Wildman–Crippen LogP) is 0.947. The topological polar surface area (TPSA) is 43.1 Å². The zero-order chi connectivity index (χ0) is 7.78. The number of amides is 1. The third-order valence-electron chi connectivity index (χ3n) is 1.48. The minimum absolute atomic E-state index is 0.287. The van der Waals surface area contributed by atoms with Gasteiger partial charge in [-0.3, -0.25) is 4.79 Å². The van der Waals surface area contributed by atoms with Crippen molar-refractivity contribution in [2.45, 2.75) is 0 Å². The molecule has 1 aliphatic heterocycles. The number of hydrogen-bond acceptors (Lipinski definition) is 1. The van der Waals surface area contributed by atoms with Crippen LogP contribution in [0.4, 0.5) is 0 Å². The van der Waals surface area contributed by atoms with E-state index in [1.165, 1.54) is 0 Å². The van der Waals surface area contributed by atoms with E-state index in [1.54, 1.807) is 6.08 Å². The summed E-state index contributed by atoms with van der Waals surface area (Å²) in [5, 5.41) is 2.05. The van der Waals surface area contributed by atoms with Gasteiger partial charge in [-0.2, -0.15) is 10.0 Å². The molecule has 56 valence electrons. The number of rotatable bonds is 1.